The van der Waals surface area contributed by atoms with Gasteiger partial charge in [0.2, 0.25) is 5.91 Å². The number of rotatable bonds is 0. The second-order valence-corrected chi connectivity index (χ2v) is 2.81. The summed E-state index contributed by atoms with van der Waals surface area (Å²) in [5, 5.41) is 2.68. The summed E-state index contributed by atoms with van der Waals surface area (Å²) >= 11 is 0. The van der Waals surface area contributed by atoms with Crippen LogP contribution >= 0.6 is 0 Å². The molecular formula is C9H14N2O. The van der Waals surface area contributed by atoms with Gasteiger partial charge in [-0.1, -0.05) is 0 Å². The lowest BCUT2D eigenvalue weighted by atomic mass is 10.4. The molecule has 3 nitrogen and oxygen atoms in total. The third-order valence-electron chi connectivity index (χ3n) is 1.66. The maximum Gasteiger partial charge on any atom is 0.220 e. The van der Waals surface area contributed by atoms with Crippen molar-refractivity contribution in [1.82, 2.24) is 10.3 Å². The molecule has 1 aromatic heterocycles. The fourth-order valence-corrected chi connectivity index (χ4v) is 0.985. The van der Waals surface area contributed by atoms with Crippen molar-refractivity contribution >= 4 is 5.91 Å². The van der Waals surface area contributed by atoms with Gasteiger partial charge in [-0.05, 0) is 25.5 Å². The van der Waals surface area contributed by atoms with Gasteiger partial charge in [-0.25, -0.2) is 0 Å². The Labute approximate surface area is 72.2 Å². The van der Waals surface area contributed by atoms with E-state index in [4.69, 9.17) is 0 Å². The predicted molar refractivity (Wildman–Crippen MR) is 47.8 cm³/mol. The summed E-state index contributed by atoms with van der Waals surface area (Å²) < 4.78 is 0. The van der Waals surface area contributed by atoms with Gasteiger partial charge < -0.3 is 10.3 Å². The van der Waals surface area contributed by atoms with Crippen molar-refractivity contribution in [3.8, 4) is 0 Å². The quantitative estimate of drug-likeness (QED) is 0.598. The maximum absolute atomic E-state index is 10.1. The highest BCUT2D eigenvalue weighted by atomic mass is 16.1. The van der Waals surface area contributed by atoms with E-state index in [2.05, 4.69) is 10.3 Å². The Morgan fingerprint density at radius 1 is 1.50 bits per heavy atom. The molecule has 66 valence electrons. The molecule has 1 aromatic rings. The van der Waals surface area contributed by atoms with Gasteiger partial charge in [-0.15, -0.1) is 0 Å². The number of carbonyl (C=O) groups excluding carboxylic acids is 1. The molecule has 1 fully saturated rings. The first-order chi connectivity index (χ1) is 5.79. The van der Waals surface area contributed by atoms with Crippen molar-refractivity contribution in [2.24, 2.45) is 0 Å². The third kappa shape index (κ3) is 3.23. The van der Waals surface area contributed by atoms with E-state index in [0.717, 1.165) is 19.4 Å². The van der Waals surface area contributed by atoms with E-state index in [9.17, 15) is 4.79 Å². The minimum atomic E-state index is 0.204. The number of aromatic amines is 1. The first-order valence-corrected chi connectivity index (χ1v) is 4.16. The molecule has 1 aliphatic rings. The zero-order valence-corrected chi connectivity index (χ0v) is 7.26. The summed E-state index contributed by atoms with van der Waals surface area (Å²) in [6, 6.07) is 4.01. The Hall–Kier alpha value is -1.25. The summed E-state index contributed by atoms with van der Waals surface area (Å²) in [6.45, 7) is 2.92. The van der Waals surface area contributed by atoms with Crippen molar-refractivity contribution in [3.05, 3.63) is 24.0 Å². The van der Waals surface area contributed by atoms with Crippen molar-refractivity contribution in [2.45, 2.75) is 19.8 Å². The SMILES string of the molecule is Cc1ccc[nH]1.O=C1CCCN1. The Bertz CT molecular complexity index is 221. The number of hydrogen-bond acceptors (Lipinski definition) is 1. The lowest BCUT2D eigenvalue weighted by Crippen LogP contribution is -2.12. The molecule has 1 saturated heterocycles. The topological polar surface area (TPSA) is 44.9 Å². The Kier molecular flexibility index (Phi) is 3.38. The van der Waals surface area contributed by atoms with Crippen LogP contribution in [0.5, 0.6) is 0 Å². The van der Waals surface area contributed by atoms with Gasteiger partial charge in [0.25, 0.3) is 0 Å². The van der Waals surface area contributed by atoms with E-state index in [1.165, 1.54) is 5.69 Å². The van der Waals surface area contributed by atoms with E-state index in [1.807, 2.05) is 25.3 Å². The van der Waals surface area contributed by atoms with Crippen molar-refractivity contribution < 1.29 is 4.79 Å². The molecule has 2 heterocycles. The molecule has 0 bridgehead atoms. The molecule has 0 radical (unpaired) electrons. The van der Waals surface area contributed by atoms with Crippen LogP contribution in [0.2, 0.25) is 0 Å². The number of aryl methyl sites for hydroxylation is 1. The van der Waals surface area contributed by atoms with Crippen LogP contribution in [-0.4, -0.2) is 17.4 Å². The first-order valence-electron chi connectivity index (χ1n) is 4.16. The highest BCUT2D eigenvalue weighted by Gasteiger charge is 2.05. The third-order valence-corrected chi connectivity index (χ3v) is 1.66. The summed E-state index contributed by atoms with van der Waals surface area (Å²) in [5.74, 6) is 0.204. The minimum absolute atomic E-state index is 0.204. The van der Waals surface area contributed by atoms with Crippen LogP contribution < -0.4 is 5.32 Å². The van der Waals surface area contributed by atoms with E-state index in [0.29, 0.717) is 0 Å². The van der Waals surface area contributed by atoms with Crippen molar-refractivity contribution in [3.63, 3.8) is 0 Å². The maximum atomic E-state index is 10.1. The Balaban J connectivity index is 0.000000120. The van der Waals surface area contributed by atoms with Crippen LogP contribution in [0.1, 0.15) is 18.5 Å². The summed E-state index contributed by atoms with van der Waals surface area (Å²) in [6.07, 6.45) is 3.67. The number of H-pyrrole nitrogens is 1. The predicted octanol–water partition coefficient (Wildman–Crippen LogP) is 1.22. The smallest absolute Gasteiger partial charge is 0.220 e. The zero-order valence-electron chi connectivity index (χ0n) is 7.26. The summed E-state index contributed by atoms with van der Waals surface area (Å²) in [7, 11) is 0. The zero-order chi connectivity index (χ0) is 8.81. The van der Waals surface area contributed by atoms with Crippen LogP contribution in [0.25, 0.3) is 0 Å². The molecule has 1 amide bonds. The second kappa shape index (κ2) is 4.59. The molecule has 0 aliphatic carbocycles. The minimum Gasteiger partial charge on any atom is -0.365 e. The summed E-state index contributed by atoms with van der Waals surface area (Å²) in [4.78, 5) is 13.1. The molecule has 0 spiro atoms. The highest BCUT2D eigenvalue weighted by Crippen LogP contribution is 1.93. The standard InChI is InChI=1S/C5H7N.C4H7NO/c1-5-3-2-4-6-5;6-4-2-1-3-5-4/h2-4,6H,1H3;1-3H2,(H,5,6). The van der Waals surface area contributed by atoms with Crippen LogP contribution in [0.15, 0.2) is 18.3 Å². The van der Waals surface area contributed by atoms with Crippen molar-refractivity contribution in [1.29, 1.82) is 0 Å². The molecule has 2 rings (SSSR count). The van der Waals surface area contributed by atoms with Gasteiger partial charge in [0, 0.05) is 24.9 Å². The molecule has 2 N–H and O–H groups in total. The highest BCUT2D eigenvalue weighted by molar-refractivity contribution is 5.77. The molecule has 12 heavy (non-hydrogen) atoms. The lowest BCUT2D eigenvalue weighted by Gasteiger charge is -1.80. The number of aromatic nitrogens is 1. The number of hydrogen-bond donors (Lipinski definition) is 2. The fourth-order valence-electron chi connectivity index (χ4n) is 0.985. The van der Waals surface area contributed by atoms with Gasteiger partial charge in [0.15, 0.2) is 0 Å². The molecule has 0 aromatic carbocycles. The largest absolute Gasteiger partial charge is 0.365 e. The molecule has 0 saturated carbocycles. The van der Waals surface area contributed by atoms with E-state index >= 15 is 0 Å². The lowest BCUT2D eigenvalue weighted by molar-refractivity contribution is -0.119. The van der Waals surface area contributed by atoms with E-state index < -0.39 is 0 Å². The number of carbonyl (C=O) groups is 1. The van der Waals surface area contributed by atoms with Crippen molar-refractivity contribution in [2.75, 3.05) is 6.54 Å². The Morgan fingerprint density at radius 3 is 2.50 bits per heavy atom. The van der Waals surface area contributed by atoms with Crippen LogP contribution in [0.3, 0.4) is 0 Å². The first kappa shape index (κ1) is 8.84. The normalized spacial score (nSPS) is 14.9. The Morgan fingerprint density at radius 2 is 2.33 bits per heavy atom. The number of amides is 1. The molecular weight excluding hydrogens is 152 g/mol. The average Bonchev–Trinajstić information content (AvgIpc) is 2.63. The number of nitrogens with one attached hydrogen (secondary N) is 2. The van der Waals surface area contributed by atoms with E-state index in [1.54, 1.807) is 0 Å². The van der Waals surface area contributed by atoms with Crippen LogP contribution in [-0.2, 0) is 4.79 Å². The monoisotopic (exact) mass is 166 g/mol. The van der Waals surface area contributed by atoms with E-state index in [-0.39, 0.29) is 5.91 Å². The van der Waals surface area contributed by atoms with Gasteiger partial charge in [-0.3, -0.25) is 4.79 Å². The van der Waals surface area contributed by atoms with Crippen LogP contribution in [0, 0.1) is 6.92 Å². The molecule has 1 aliphatic heterocycles. The second-order valence-electron chi connectivity index (χ2n) is 2.81. The average molecular weight is 166 g/mol. The van der Waals surface area contributed by atoms with Gasteiger partial charge in [0.1, 0.15) is 0 Å². The van der Waals surface area contributed by atoms with Crippen LogP contribution in [0.4, 0.5) is 0 Å². The van der Waals surface area contributed by atoms with Gasteiger partial charge in [-0.2, -0.15) is 0 Å². The fraction of sp³-hybridized carbons (Fsp3) is 0.444. The molecule has 0 unspecified atom stereocenters. The van der Waals surface area contributed by atoms with Gasteiger partial charge >= 0.3 is 0 Å². The summed E-state index contributed by atoms with van der Waals surface area (Å²) in [5.41, 5.74) is 1.22. The van der Waals surface area contributed by atoms with Gasteiger partial charge in [0.05, 0.1) is 0 Å². The molecule has 0 atom stereocenters. The molecule has 3 heteroatoms.